The molecule has 0 aliphatic rings. The van der Waals surface area contributed by atoms with Crippen LogP contribution in [0.2, 0.25) is 0 Å². The molecule has 0 fully saturated rings. The van der Waals surface area contributed by atoms with E-state index in [1.165, 1.54) is 0 Å². The second-order valence-corrected chi connectivity index (χ2v) is 5.27. The summed E-state index contributed by atoms with van der Waals surface area (Å²) in [7, 11) is 0. The lowest BCUT2D eigenvalue weighted by atomic mass is 9.92. The van der Waals surface area contributed by atoms with Crippen LogP contribution in [0.1, 0.15) is 32.2 Å². The third-order valence-electron chi connectivity index (χ3n) is 2.60. The zero-order valence-corrected chi connectivity index (χ0v) is 11.1. The van der Waals surface area contributed by atoms with E-state index < -0.39 is 0 Å². The molecule has 0 unspecified atom stereocenters. The Labute approximate surface area is 106 Å². The predicted molar refractivity (Wildman–Crippen MR) is 71.0 cm³/mol. The first kappa shape index (κ1) is 12.6. The molecule has 5 nitrogen and oxygen atoms in total. The predicted octanol–water partition coefficient (Wildman–Crippen LogP) is 2.63. The van der Waals surface area contributed by atoms with Gasteiger partial charge in [0.2, 0.25) is 0 Å². The van der Waals surface area contributed by atoms with Crippen molar-refractivity contribution in [1.29, 1.82) is 0 Å². The van der Waals surface area contributed by atoms with Crippen molar-refractivity contribution >= 4 is 5.82 Å². The molecule has 18 heavy (non-hydrogen) atoms. The number of rotatable bonds is 2. The van der Waals surface area contributed by atoms with Gasteiger partial charge in [0.1, 0.15) is 11.6 Å². The average Bonchev–Trinajstić information content (AvgIpc) is 2.74. The maximum absolute atomic E-state index is 5.54. The number of hydrogen-bond acceptors (Lipinski definition) is 5. The number of anilines is 1. The van der Waals surface area contributed by atoms with Crippen molar-refractivity contribution in [2.75, 3.05) is 5.43 Å². The second-order valence-electron chi connectivity index (χ2n) is 5.27. The standard InChI is InChI=1S/C13H18N4O/c1-8-5-6-9(18-8)12-15-10(13(2,3)4)7-11(16-12)17-14/h5-7H,14H2,1-4H3,(H,15,16,17). The van der Waals surface area contributed by atoms with Crippen LogP contribution >= 0.6 is 0 Å². The third-order valence-corrected chi connectivity index (χ3v) is 2.60. The molecule has 0 amide bonds. The van der Waals surface area contributed by atoms with E-state index in [0.717, 1.165) is 11.5 Å². The van der Waals surface area contributed by atoms with Crippen LogP contribution in [0.5, 0.6) is 0 Å². The highest BCUT2D eigenvalue weighted by atomic mass is 16.3. The molecule has 3 N–H and O–H groups in total. The zero-order valence-electron chi connectivity index (χ0n) is 11.1. The molecule has 2 aromatic rings. The minimum atomic E-state index is -0.0784. The summed E-state index contributed by atoms with van der Waals surface area (Å²) in [5, 5.41) is 0. The fourth-order valence-corrected chi connectivity index (χ4v) is 1.57. The fourth-order valence-electron chi connectivity index (χ4n) is 1.57. The number of nitrogens with one attached hydrogen (secondary N) is 1. The number of furan rings is 1. The van der Waals surface area contributed by atoms with E-state index in [2.05, 4.69) is 36.2 Å². The van der Waals surface area contributed by atoms with Gasteiger partial charge in [-0.15, -0.1) is 0 Å². The van der Waals surface area contributed by atoms with E-state index >= 15 is 0 Å². The van der Waals surface area contributed by atoms with Crippen LogP contribution in [-0.2, 0) is 5.41 Å². The highest BCUT2D eigenvalue weighted by molar-refractivity contribution is 5.52. The van der Waals surface area contributed by atoms with E-state index in [1.807, 2.05) is 25.1 Å². The Hall–Kier alpha value is -1.88. The Bertz CT molecular complexity index is 554. The highest BCUT2D eigenvalue weighted by Crippen LogP contribution is 2.26. The topological polar surface area (TPSA) is 77.0 Å². The summed E-state index contributed by atoms with van der Waals surface area (Å²) in [5.74, 6) is 8.05. The molecule has 5 heteroatoms. The summed E-state index contributed by atoms with van der Waals surface area (Å²) in [6, 6.07) is 5.59. The summed E-state index contributed by atoms with van der Waals surface area (Å²) in [5.41, 5.74) is 3.40. The number of nitrogens with zero attached hydrogens (tertiary/aromatic N) is 2. The number of aryl methyl sites for hydroxylation is 1. The molecule has 2 heterocycles. The van der Waals surface area contributed by atoms with Gasteiger partial charge in [0, 0.05) is 11.5 Å². The van der Waals surface area contributed by atoms with Crippen molar-refractivity contribution in [2.24, 2.45) is 5.84 Å². The Morgan fingerprint density at radius 1 is 1.22 bits per heavy atom. The molecular formula is C13H18N4O. The van der Waals surface area contributed by atoms with Crippen LogP contribution in [-0.4, -0.2) is 9.97 Å². The number of nitrogens with two attached hydrogens (primary N) is 1. The van der Waals surface area contributed by atoms with Crippen LogP contribution in [0.4, 0.5) is 5.82 Å². The molecule has 2 rings (SSSR count). The van der Waals surface area contributed by atoms with Gasteiger partial charge in [-0.2, -0.15) is 0 Å². The minimum absolute atomic E-state index is 0.0784. The van der Waals surface area contributed by atoms with Crippen molar-refractivity contribution in [3.05, 3.63) is 29.7 Å². The Balaban J connectivity index is 2.54. The summed E-state index contributed by atoms with van der Waals surface area (Å²) in [4.78, 5) is 8.84. The fraction of sp³-hybridized carbons (Fsp3) is 0.385. The molecule has 0 radical (unpaired) electrons. The van der Waals surface area contributed by atoms with Crippen molar-refractivity contribution in [3.63, 3.8) is 0 Å². The summed E-state index contributed by atoms with van der Waals surface area (Å²) in [6.45, 7) is 8.16. The van der Waals surface area contributed by atoms with E-state index in [1.54, 1.807) is 0 Å². The number of nitrogen functional groups attached to an aromatic ring is 1. The second kappa shape index (κ2) is 4.42. The first-order chi connectivity index (χ1) is 8.40. The van der Waals surface area contributed by atoms with Crippen LogP contribution in [0, 0.1) is 6.92 Å². The third kappa shape index (κ3) is 2.51. The van der Waals surface area contributed by atoms with Gasteiger partial charge in [0.05, 0.1) is 5.69 Å². The van der Waals surface area contributed by atoms with E-state index in [4.69, 9.17) is 10.3 Å². The van der Waals surface area contributed by atoms with Gasteiger partial charge in [-0.1, -0.05) is 20.8 Å². The van der Waals surface area contributed by atoms with E-state index in [-0.39, 0.29) is 5.41 Å². The SMILES string of the molecule is Cc1ccc(-c2nc(NN)cc(C(C)(C)C)n2)o1. The maximum atomic E-state index is 5.54. The van der Waals surface area contributed by atoms with Crippen molar-refractivity contribution in [3.8, 4) is 11.6 Å². The van der Waals surface area contributed by atoms with Crippen molar-refractivity contribution in [2.45, 2.75) is 33.1 Å². The number of aromatic nitrogens is 2. The first-order valence-electron chi connectivity index (χ1n) is 5.83. The Kier molecular flexibility index (Phi) is 3.09. The molecule has 0 bridgehead atoms. The summed E-state index contributed by atoms with van der Waals surface area (Å²) in [6.07, 6.45) is 0. The smallest absolute Gasteiger partial charge is 0.197 e. The van der Waals surface area contributed by atoms with Gasteiger partial charge in [0.25, 0.3) is 0 Å². The number of hydrazine groups is 1. The van der Waals surface area contributed by atoms with Gasteiger partial charge in [-0.25, -0.2) is 15.8 Å². The summed E-state index contributed by atoms with van der Waals surface area (Å²) < 4.78 is 5.54. The lowest BCUT2D eigenvalue weighted by molar-refractivity contribution is 0.538. The maximum Gasteiger partial charge on any atom is 0.197 e. The summed E-state index contributed by atoms with van der Waals surface area (Å²) >= 11 is 0. The molecule has 0 saturated heterocycles. The van der Waals surface area contributed by atoms with Crippen LogP contribution in [0.25, 0.3) is 11.6 Å². The average molecular weight is 246 g/mol. The van der Waals surface area contributed by atoms with Crippen LogP contribution < -0.4 is 11.3 Å². The first-order valence-corrected chi connectivity index (χ1v) is 5.83. The van der Waals surface area contributed by atoms with Gasteiger partial charge < -0.3 is 9.84 Å². The molecular weight excluding hydrogens is 228 g/mol. The lowest BCUT2D eigenvalue weighted by Crippen LogP contribution is -2.17. The van der Waals surface area contributed by atoms with Crippen molar-refractivity contribution < 1.29 is 4.42 Å². The normalized spacial score (nSPS) is 11.6. The van der Waals surface area contributed by atoms with Gasteiger partial charge in [-0.05, 0) is 19.1 Å². The minimum Gasteiger partial charge on any atom is -0.458 e. The van der Waals surface area contributed by atoms with Gasteiger partial charge in [0.15, 0.2) is 11.6 Å². The molecule has 2 aromatic heterocycles. The lowest BCUT2D eigenvalue weighted by Gasteiger charge is -2.18. The van der Waals surface area contributed by atoms with E-state index in [0.29, 0.717) is 17.4 Å². The monoisotopic (exact) mass is 246 g/mol. The number of hydrogen-bond donors (Lipinski definition) is 2. The van der Waals surface area contributed by atoms with E-state index in [9.17, 15) is 0 Å². The Morgan fingerprint density at radius 3 is 2.44 bits per heavy atom. The largest absolute Gasteiger partial charge is 0.458 e. The molecule has 0 saturated carbocycles. The van der Waals surface area contributed by atoms with Gasteiger partial charge >= 0.3 is 0 Å². The zero-order chi connectivity index (χ0) is 13.3. The molecule has 0 spiro atoms. The van der Waals surface area contributed by atoms with Gasteiger partial charge in [-0.3, -0.25) is 0 Å². The quantitative estimate of drug-likeness (QED) is 0.629. The molecule has 0 aliphatic heterocycles. The van der Waals surface area contributed by atoms with Crippen molar-refractivity contribution in [1.82, 2.24) is 9.97 Å². The molecule has 96 valence electrons. The van der Waals surface area contributed by atoms with Crippen LogP contribution in [0.15, 0.2) is 22.6 Å². The highest BCUT2D eigenvalue weighted by Gasteiger charge is 2.19. The Morgan fingerprint density at radius 2 is 1.94 bits per heavy atom. The molecule has 0 atom stereocenters. The molecule has 0 aliphatic carbocycles. The molecule has 0 aromatic carbocycles. The van der Waals surface area contributed by atoms with Crippen LogP contribution in [0.3, 0.4) is 0 Å².